The average Bonchev–Trinajstić information content (AvgIpc) is 2.86. The van der Waals surface area contributed by atoms with Gasteiger partial charge in [-0.2, -0.15) is 0 Å². The molecule has 0 aliphatic carbocycles. The normalized spacial score (nSPS) is 12.4. The summed E-state index contributed by atoms with van der Waals surface area (Å²) in [6.45, 7) is 4.64. The van der Waals surface area contributed by atoms with Crippen LogP contribution in [0.5, 0.6) is 0 Å². The first-order valence-electron chi connectivity index (χ1n) is 15.3. The number of unbranched alkanes of at least 4 members (excludes halogenated alkanes) is 16. The summed E-state index contributed by atoms with van der Waals surface area (Å²) in [5, 5.41) is 2.77. The van der Waals surface area contributed by atoms with Crippen molar-refractivity contribution < 1.29 is 0 Å². The van der Waals surface area contributed by atoms with Crippen LogP contribution < -0.4 is 0 Å². The van der Waals surface area contributed by atoms with Gasteiger partial charge in [-0.1, -0.05) is 185 Å². The van der Waals surface area contributed by atoms with E-state index in [-0.39, 0.29) is 0 Å². The van der Waals surface area contributed by atoms with Crippen molar-refractivity contribution in [3.8, 4) is 0 Å². The monoisotopic (exact) mass is 464 g/mol. The molecule has 0 amide bonds. The van der Waals surface area contributed by atoms with Gasteiger partial charge in [0, 0.05) is 0 Å². The van der Waals surface area contributed by atoms with Gasteiger partial charge in [0.1, 0.15) is 0 Å². The minimum atomic E-state index is 0.868. The van der Waals surface area contributed by atoms with Crippen molar-refractivity contribution in [3.63, 3.8) is 0 Å². The topological polar surface area (TPSA) is 0 Å². The molecule has 2 rings (SSSR count). The fourth-order valence-corrected chi connectivity index (χ4v) is 5.52. The highest BCUT2D eigenvalue weighted by Gasteiger charge is 2.10. The number of hydrogen-bond donors (Lipinski definition) is 0. The molecule has 0 aliphatic heterocycles. The van der Waals surface area contributed by atoms with Crippen molar-refractivity contribution in [1.29, 1.82) is 0 Å². The molecule has 1 atom stereocenters. The summed E-state index contributed by atoms with van der Waals surface area (Å²) in [7, 11) is 0. The highest BCUT2D eigenvalue weighted by atomic mass is 14.2. The molecule has 1 unspecified atom stereocenters. The predicted molar refractivity (Wildman–Crippen MR) is 155 cm³/mol. The molecule has 2 aromatic rings. The molecule has 192 valence electrons. The molecule has 0 spiro atoms. The highest BCUT2D eigenvalue weighted by molar-refractivity contribution is 5.82. The smallest absolute Gasteiger partial charge is 0.0181 e. The van der Waals surface area contributed by atoms with Crippen LogP contribution in [0.4, 0.5) is 0 Å². The largest absolute Gasteiger partial charge is 0.0654 e. The Bertz CT molecular complexity index is 715. The number of hydrogen-bond acceptors (Lipinski definition) is 0. The third-order valence-electron chi connectivity index (χ3n) is 7.77. The first-order chi connectivity index (χ1) is 16.8. The lowest BCUT2D eigenvalue weighted by Gasteiger charge is -2.17. The van der Waals surface area contributed by atoms with Crippen LogP contribution in [-0.2, 0) is 6.42 Å². The zero-order valence-electron chi connectivity index (χ0n) is 23.0. The van der Waals surface area contributed by atoms with Crippen LogP contribution in [0.25, 0.3) is 10.8 Å². The Balaban J connectivity index is 1.48. The Labute approximate surface area is 213 Å². The molecule has 0 saturated carbocycles. The van der Waals surface area contributed by atoms with Gasteiger partial charge >= 0.3 is 0 Å². The van der Waals surface area contributed by atoms with E-state index in [1.54, 1.807) is 0 Å². The lowest BCUT2D eigenvalue weighted by atomic mass is 9.88. The van der Waals surface area contributed by atoms with E-state index in [1.807, 2.05) is 0 Å². The molecule has 2 aromatic carbocycles. The summed E-state index contributed by atoms with van der Waals surface area (Å²) in [4.78, 5) is 0. The van der Waals surface area contributed by atoms with Crippen LogP contribution in [0.1, 0.15) is 148 Å². The van der Waals surface area contributed by atoms with E-state index >= 15 is 0 Å². The zero-order chi connectivity index (χ0) is 24.1. The van der Waals surface area contributed by atoms with E-state index in [0.29, 0.717) is 0 Å². The highest BCUT2D eigenvalue weighted by Crippen LogP contribution is 2.24. The third-order valence-corrected chi connectivity index (χ3v) is 7.77. The summed E-state index contributed by atoms with van der Waals surface area (Å²) < 4.78 is 0. The van der Waals surface area contributed by atoms with E-state index in [9.17, 15) is 0 Å². The molecule has 0 aromatic heterocycles. The Morgan fingerprint density at radius 1 is 0.471 bits per heavy atom. The first-order valence-corrected chi connectivity index (χ1v) is 15.3. The van der Waals surface area contributed by atoms with E-state index in [1.165, 1.54) is 151 Å². The van der Waals surface area contributed by atoms with Gasteiger partial charge in [-0.05, 0) is 28.7 Å². The molecule has 0 heterocycles. The summed E-state index contributed by atoms with van der Waals surface area (Å²) in [5.74, 6) is 0.868. The lowest BCUT2D eigenvalue weighted by molar-refractivity contribution is 0.408. The third kappa shape index (κ3) is 13.6. The molecule has 0 bridgehead atoms. The van der Waals surface area contributed by atoms with Crippen molar-refractivity contribution >= 4 is 10.8 Å². The van der Waals surface area contributed by atoms with Gasteiger partial charge in [0.15, 0.2) is 0 Å². The van der Waals surface area contributed by atoms with Crippen molar-refractivity contribution in [2.45, 2.75) is 149 Å². The van der Waals surface area contributed by atoms with Crippen molar-refractivity contribution in [1.82, 2.24) is 0 Å². The van der Waals surface area contributed by atoms with Crippen molar-refractivity contribution in [3.05, 3.63) is 48.0 Å². The second-order valence-corrected chi connectivity index (χ2v) is 11.0. The standard InChI is InChI=1S/C34H56/c1-3-5-7-8-9-10-11-12-13-14-15-16-17-18-19-20-24-31(23-6-4-2)29-32-27-28-33-25-21-22-26-34(33)30-32/h21-22,25-28,30-31H,3-20,23-24,29H2,1-2H3. The van der Waals surface area contributed by atoms with E-state index < -0.39 is 0 Å². The fourth-order valence-electron chi connectivity index (χ4n) is 5.52. The van der Waals surface area contributed by atoms with Crippen molar-refractivity contribution in [2.24, 2.45) is 5.92 Å². The van der Waals surface area contributed by atoms with E-state index in [2.05, 4.69) is 56.3 Å². The van der Waals surface area contributed by atoms with Crippen LogP contribution in [-0.4, -0.2) is 0 Å². The average molecular weight is 465 g/mol. The Hall–Kier alpha value is -1.30. The Kier molecular flexibility index (Phi) is 17.0. The van der Waals surface area contributed by atoms with Gasteiger partial charge in [-0.3, -0.25) is 0 Å². The number of fused-ring (bicyclic) bond motifs is 1. The van der Waals surface area contributed by atoms with Crippen LogP contribution in [0.3, 0.4) is 0 Å². The minimum absolute atomic E-state index is 0.868. The maximum Gasteiger partial charge on any atom is -0.0181 e. The SMILES string of the molecule is CCCCCCCCCCCCCCCCCCC(CCCC)Cc1ccc2ccccc2c1. The lowest BCUT2D eigenvalue weighted by Crippen LogP contribution is -2.05. The molecule has 0 N–H and O–H groups in total. The first kappa shape index (κ1) is 28.9. The second kappa shape index (κ2) is 19.9. The number of rotatable bonds is 22. The Morgan fingerprint density at radius 3 is 1.50 bits per heavy atom. The Morgan fingerprint density at radius 2 is 0.941 bits per heavy atom. The van der Waals surface area contributed by atoms with Crippen LogP contribution in [0, 0.1) is 5.92 Å². The molecule has 0 fully saturated rings. The van der Waals surface area contributed by atoms with Crippen molar-refractivity contribution in [2.75, 3.05) is 0 Å². The second-order valence-electron chi connectivity index (χ2n) is 11.0. The van der Waals surface area contributed by atoms with Gasteiger partial charge in [0.25, 0.3) is 0 Å². The number of benzene rings is 2. The van der Waals surface area contributed by atoms with E-state index in [4.69, 9.17) is 0 Å². The quantitative estimate of drug-likeness (QED) is 0.152. The van der Waals surface area contributed by atoms with Crippen LogP contribution in [0.2, 0.25) is 0 Å². The van der Waals surface area contributed by atoms with Gasteiger partial charge in [-0.25, -0.2) is 0 Å². The van der Waals surface area contributed by atoms with Gasteiger partial charge in [-0.15, -0.1) is 0 Å². The molecule has 34 heavy (non-hydrogen) atoms. The van der Waals surface area contributed by atoms with E-state index in [0.717, 1.165) is 5.92 Å². The summed E-state index contributed by atoms with van der Waals surface area (Å²) in [5.41, 5.74) is 1.54. The maximum atomic E-state index is 2.43. The molecule has 0 saturated heterocycles. The maximum absolute atomic E-state index is 2.43. The zero-order valence-corrected chi connectivity index (χ0v) is 23.0. The van der Waals surface area contributed by atoms with Crippen LogP contribution >= 0.6 is 0 Å². The fraction of sp³-hybridized carbons (Fsp3) is 0.706. The molecule has 0 heteroatoms. The minimum Gasteiger partial charge on any atom is -0.0654 e. The molecule has 0 nitrogen and oxygen atoms in total. The van der Waals surface area contributed by atoms with Gasteiger partial charge < -0.3 is 0 Å². The van der Waals surface area contributed by atoms with Gasteiger partial charge in [0.2, 0.25) is 0 Å². The molecular weight excluding hydrogens is 408 g/mol. The van der Waals surface area contributed by atoms with Gasteiger partial charge in [0.05, 0.1) is 0 Å². The summed E-state index contributed by atoms with van der Waals surface area (Å²) in [6, 6.07) is 15.9. The van der Waals surface area contributed by atoms with Crippen LogP contribution in [0.15, 0.2) is 42.5 Å². The summed E-state index contributed by atoms with van der Waals surface area (Å²) >= 11 is 0. The molecule has 0 aliphatic rings. The molecule has 0 radical (unpaired) electrons. The molecular formula is C34H56. The summed E-state index contributed by atoms with van der Waals surface area (Å²) in [6.07, 6.45) is 30.1. The predicted octanol–water partition coefficient (Wildman–Crippen LogP) is 11.8.